The van der Waals surface area contributed by atoms with E-state index in [0.717, 1.165) is 45.1 Å². The van der Waals surface area contributed by atoms with Gasteiger partial charge in [-0.3, -0.25) is 9.59 Å². The fourth-order valence-electron chi connectivity index (χ4n) is 3.87. The maximum Gasteiger partial charge on any atom is 0.246 e. The fraction of sp³-hybridized carbons (Fsp3) is 0.867. The summed E-state index contributed by atoms with van der Waals surface area (Å²) in [5, 5.41) is 0. The van der Waals surface area contributed by atoms with E-state index < -0.39 is 0 Å². The predicted molar refractivity (Wildman–Crippen MR) is 72.5 cm³/mol. The molecular formula is C15H24N2O2. The summed E-state index contributed by atoms with van der Waals surface area (Å²) in [5.41, 5.74) is 0. The Bertz CT molecular complexity index is 396. The molecule has 4 unspecified atom stereocenters. The molecule has 0 spiro atoms. The minimum absolute atomic E-state index is 0.151. The average molecular weight is 264 g/mol. The molecule has 2 heterocycles. The molecule has 2 amide bonds. The van der Waals surface area contributed by atoms with Crippen LogP contribution in [0.25, 0.3) is 0 Å². The molecule has 2 aliphatic heterocycles. The van der Waals surface area contributed by atoms with Gasteiger partial charge in [-0.2, -0.15) is 0 Å². The van der Waals surface area contributed by atoms with Gasteiger partial charge in [-0.15, -0.1) is 0 Å². The first kappa shape index (κ1) is 12.9. The van der Waals surface area contributed by atoms with Crippen LogP contribution < -0.4 is 0 Å². The van der Waals surface area contributed by atoms with Gasteiger partial charge in [-0.05, 0) is 38.0 Å². The Hall–Kier alpha value is -1.06. The number of rotatable bonds is 3. The van der Waals surface area contributed by atoms with Crippen molar-refractivity contribution in [3.63, 3.8) is 0 Å². The molecule has 3 fully saturated rings. The monoisotopic (exact) mass is 264 g/mol. The summed E-state index contributed by atoms with van der Waals surface area (Å²) in [5.74, 6) is 1.06. The zero-order chi connectivity index (χ0) is 13.6. The SMILES string of the molecule is CCC1CC1N1C(=O)C2CCCCN2C(=O)C1CC. The standard InChI is InChI=1S/C15H24N2O2/c1-3-10-9-13(10)17-11(4-2)14(18)16-8-6-5-7-12(16)15(17)19/h10-13H,3-9H2,1-2H3. The van der Waals surface area contributed by atoms with E-state index >= 15 is 0 Å². The molecule has 1 saturated carbocycles. The lowest BCUT2D eigenvalue weighted by atomic mass is 9.94. The minimum Gasteiger partial charge on any atom is -0.329 e. The molecule has 19 heavy (non-hydrogen) atoms. The second kappa shape index (κ2) is 4.80. The number of carbonyl (C=O) groups is 2. The Kier molecular flexibility index (Phi) is 3.27. The number of piperidine rings is 1. The van der Waals surface area contributed by atoms with E-state index in [2.05, 4.69) is 6.92 Å². The van der Waals surface area contributed by atoms with Crippen LogP contribution in [-0.2, 0) is 9.59 Å². The summed E-state index contributed by atoms with van der Waals surface area (Å²) in [7, 11) is 0. The number of hydrogen-bond donors (Lipinski definition) is 0. The van der Waals surface area contributed by atoms with Gasteiger partial charge in [0.2, 0.25) is 11.8 Å². The predicted octanol–water partition coefficient (Wildman–Crippen LogP) is 1.79. The second-order valence-electron chi connectivity index (χ2n) is 6.18. The van der Waals surface area contributed by atoms with Gasteiger partial charge < -0.3 is 9.80 Å². The molecule has 3 aliphatic rings. The summed E-state index contributed by atoms with van der Waals surface area (Å²) in [6, 6.07) is 0.000956. The second-order valence-corrected chi connectivity index (χ2v) is 6.18. The third-order valence-electron chi connectivity index (χ3n) is 5.10. The molecule has 3 rings (SSSR count). The number of fused-ring (bicyclic) bond motifs is 1. The van der Waals surface area contributed by atoms with E-state index in [1.54, 1.807) is 0 Å². The summed E-state index contributed by atoms with van der Waals surface area (Å²) in [4.78, 5) is 29.2. The maximum absolute atomic E-state index is 12.7. The van der Waals surface area contributed by atoms with Crippen molar-refractivity contribution in [2.24, 2.45) is 5.92 Å². The first-order chi connectivity index (χ1) is 9.19. The Labute approximate surface area is 115 Å². The van der Waals surface area contributed by atoms with Gasteiger partial charge in [0.25, 0.3) is 0 Å². The molecule has 1 aliphatic carbocycles. The molecule has 4 nitrogen and oxygen atoms in total. The Balaban J connectivity index is 1.85. The highest BCUT2D eigenvalue weighted by molar-refractivity contribution is 5.97. The van der Waals surface area contributed by atoms with Crippen LogP contribution in [0.5, 0.6) is 0 Å². The fourth-order valence-corrected chi connectivity index (χ4v) is 3.87. The van der Waals surface area contributed by atoms with Crippen molar-refractivity contribution in [3.05, 3.63) is 0 Å². The zero-order valence-electron chi connectivity index (χ0n) is 12.0. The Morgan fingerprint density at radius 3 is 2.53 bits per heavy atom. The third kappa shape index (κ3) is 1.96. The average Bonchev–Trinajstić information content (AvgIpc) is 3.21. The number of amides is 2. The van der Waals surface area contributed by atoms with Gasteiger partial charge >= 0.3 is 0 Å². The van der Waals surface area contributed by atoms with Gasteiger partial charge in [0.1, 0.15) is 12.1 Å². The van der Waals surface area contributed by atoms with Crippen LogP contribution in [0.3, 0.4) is 0 Å². The lowest BCUT2D eigenvalue weighted by Crippen LogP contribution is -2.66. The van der Waals surface area contributed by atoms with Crippen molar-refractivity contribution >= 4 is 11.8 Å². The molecule has 2 saturated heterocycles. The van der Waals surface area contributed by atoms with E-state index in [9.17, 15) is 9.59 Å². The molecule has 0 aromatic carbocycles. The van der Waals surface area contributed by atoms with E-state index in [4.69, 9.17) is 0 Å². The van der Waals surface area contributed by atoms with Crippen molar-refractivity contribution in [1.82, 2.24) is 9.80 Å². The quantitative estimate of drug-likeness (QED) is 0.779. The van der Waals surface area contributed by atoms with Gasteiger partial charge in [0.15, 0.2) is 0 Å². The zero-order valence-corrected chi connectivity index (χ0v) is 12.0. The topological polar surface area (TPSA) is 40.6 Å². The molecule has 4 atom stereocenters. The van der Waals surface area contributed by atoms with Crippen LogP contribution in [0.1, 0.15) is 52.4 Å². The first-order valence-corrected chi connectivity index (χ1v) is 7.81. The number of carbonyl (C=O) groups excluding carboxylic acids is 2. The molecular weight excluding hydrogens is 240 g/mol. The first-order valence-electron chi connectivity index (χ1n) is 7.81. The van der Waals surface area contributed by atoms with Crippen molar-refractivity contribution in [3.8, 4) is 0 Å². The summed E-state index contributed by atoms with van der Waals surface area (Å²) in [6.45, 7) is 4.98. The van der Waals surface area contributed by atoms with Gasteiger partial charge in [0.05, 0.1) is 0 Å². The number of nitrogens with zero attached hydrogens (tertiary/aromatic N) is 2. The smallest absolute Gasteiger partial charge is 0.246 e. The van der Waals surface area contributed by atoms with E-state index in [0.29, 0.717) is 12.0 Å². The lowest BCUT2D eigenvalue weighted by Gasteiger charge is -2.47. The largest absolute Gasteiger partial charge is 0.329 e. The van der Waals surface area contributed by atoms with Crippen LogP contribution in [0.4, 0.5) is 0 Å². The molecule has 0 bridgehead atoms. The lowest BCUT2D eigenvalue weighted by molar-refractivity contribution is -0.164. The van der Waals surface area contributed by atoms with Crippen LogP contribution in [0.15, 0.2) is 0 Å². The van der Waals surface area contributed by atoms with E-state index in [1.165, 1.54) is 0 Å². The maximum atomic E-state index is 12.7. The van der Waals surface area contributed by atoms with E-state index in [1.807, 2.05) is 16.7 Å². The molecule has 4 heteroatoms. The van der Waals surface area contributed by atoms with E-state index in [-0.39, 0.29) is 23.9 Å². The minimum atomic E-state index is -0.191. The van der Waals surface area contributed by atoms with Crippen LogP contribution >= 0.6 is 0 Å². The normalized spacial score (nSPS) is 38.4. The number of hydrogen-bond acceptors (Lipinski definition) is 2. The molecule has 0 aromatic heterocycles. The van der Waals surface area contributed by atoms with Crippen molar-refractivity contribution < 1.29 is 9.59 Å². The summed E-state index contributed by atoms with van der Waals surface area (Å²) in [6.07, 6.45) is 5.95. The van der Waals surface area contributed by atoms with Crippen molar-refractivity contribution in [2.75, 3.05) is 6.54 Å². The highest BCUT2D eigenvalue weighted by atomic mass is 16.2. The molecule has 0 radical (unpaired) electrons. The van der Waals surface area contributed by atoms with Crippen LogP contribution in [0, 0.1) is 5.92 Å². The highest BCUT2D eigenvalue weighted by Crippen LogP contribution is 2.42. The highest BCUT2D eigenvalue weighted by Gasteiger charge is 2.53. The van der Waals surface area contributed by atoms with Crippen LogP contribution in [0.2, 0.25) is 0 Å². The summed E-state index contributed by atoms with van der Waals surface area (Å²) >= 11 is 0. The Morgan fingerprint density at radius 2 is 1.89 bits per heavy atom. The van der Waals surface area contributed by atoms with Gasteiger partial charge in [0, 0.05) is 12.6 Å². The van der Waals surface area contributed by atoms with Crippen molar-refractivity contribution in [2.45, 2.75) is 70.5 Å². The molecule has 0 N–H and O–H groups in total. The molecule has 0 aromatic rings. The Morgan fingerprint density at radius 1 is 1.11 bits per heavy atom. The number of piperazine rings is 1. The summed E-state index contributed by atoms with van der Waals surface area (Å²) < 4.78 is 0. The van der Waals surface area contributed by atoms with Crippen LogP contribution in [-0.4, -0.2) is 46.3 Å². The van der Waals surface area contributed by atoms with Gasteiger partial charge in [-0.25, -0.2) is 0 Å². The van der Waals surface area contributed by atoms with Crippen molar-refractivity contribution in [1.29, 1.82) is 0 Å². The van der Waals surface area contributed by atoms with Gasteiger partial charge in [-0.1, -0.05) is 20.3 Å². The molecule has 106 valence electrons. The third-order valence-corrected chi connectivity index (χ3v) is 5.10.